The fraction of sp³-hybridized carbons (Fsp3) is 0.435. The number of aromatic nitrogens is 1. The van der Waals surface area contributed by atoms with Crippen molar-refractivity contribution < 1.29 is 23.8 Å². The van der Waals surface area contributed by atoms with Crippen molar-refractivity contribution in [1.82, 2.24) is 9.88 Å². The maximum absolute atomic E-state index is 12.8. The molecule has 8 nitrogen and oxygen atoms in total. The number of nitrogens with two attached hydrogens (primary N) is 1. The third-order valence-corrected chi connectivity index (χ3v) is 4.76. The Bertz CT molecular complexity index is 950. The molecule has 0 spiro atoms. The number of carbonyl (C=O) groups is 2. The zero-order chi connectivity index (χ0) is 22.8. The van der Waals surface area contributed by atoms with Crippen LogP contribution in [-0.4, -0.2) is 45.9 Å². The van der Waals surface area contributed by atoms with Gasteiger partial charge in [-0.25, -0.2) is 9.78 Å². The van der Waals surface area contributed by atoms with Crippen molar-refractivity contribution in [3.8, 4) is 11.6 Å². The fourth-order valence-electron chi connectivity index (χ4n) is 3.41. The second-order valence-electron chi connectivity index (χ2n) is 8.94. The fourth-order valence-corrected chi connectivity index (χ4v) is 3.41. The molecule has 0 saturated carbocycles. The predicted octanol–water partition coefficient (Wildman–Crippen LogP) is 3.89. The van der Waals surface area contributed by atoms with E-state index in [2.05, 4.69) is 4.98 Å². The molecular weight excluding hydrogens is 398 g/mol. The van der Waals surface area contributed by atoms with Crippen LogP contribution in [0.1, 0.15) is 50.7 Å². The molecule has 2 heterocycles. The molecule has 1 aromatic carbocycles. The van der Waals surface area contributed by atoms with Crippen LogP contribution in [0, 0.1) is 0 Å². The van der Waals surface area contributed by atoms with Crippen molar-refractivity contribution in [3.63, 3.8) is 0 Å². The number of nitrogens with zero attached hydrogens (tertiary/aromatic N) is 2. The Morgan fingerprint density at radius 3 is 2.48 bits per heavy atom. The van der Waals surface area contributed by atoms with Crippen LogP contribution in [0.5, 0.6) is 11.6 Å². The minimum Gasteiger partial charge on any atom is -0.444 e. The predicted molar refractivity (Wildman–Crippen MR) is 115 cm³/mol. The van der Waals surface area contributed by atoms with Gasteiger partial charge in [-0.3, -0.25) is 9.69 Å². The lowest BCUT2D eigenvalue weighted by Gasteiger charge is -2.35. The molecule has 0 radical (unpaired) electrons. The van der Waals surface area contributed by atoms with E-state index in [9.17, 15) is 9.59 Å². The van der Waals surface area contributed by atoms with Crippen molar-refractivity contribution in [3.05, 3.63) is 53.7 Å². The molecular formula is C23H29N3O5. The first-order valence-corrected chi connectivity index (χ1v) is 10.1. The molecule has 2 amide bonds. The second-order valence-corrected chi connectivity index (χ2v) is 8.94. The maximum atomic E-state index is 12.8. The summed E-state index contributed by atoms with van der Waals surface area (Å²) < 4.78 is 17.2. The minimum atomic E-state index is -0.743. The molecule has 0 unspecified atom stereocenters. The van der Waals surface area contributed by atoms with Crippen molar-refractivity contribution in [2.45, 2.75) is 58.4 Å². The van der Waals surface area contributed by atoms with E-state index < -0.39 is 17.2 Å². The van der Waals surface area contributed by atoms with Crippen LogP contribution in [0.2, 0.25) is 0 Å². The van der Waals surface area contributed by atoms with Crippen LogP contribution >= 0.6 is 0 Å². The highest BCUT2D eigenvalue weighted by Gasteiger charge is 2.45. The zero-order valence-electron chi connectivity index (χ0n) is 18.5. The quantitative estimate of drug-likeness (QED) is 0.776. The normalized spacial score (nSPS) is 18.0. The first-order valence-electron chi connectivity index (χ1n) is 10.1. The van der Waals surface area contributed by atoms with Crippen molar-refractivity contribution >= 4 is 12.0 Å². The third-order valence-electron chi connectivity index (χ3n) is 4.76. The summed E-state index contributed by atoms with van der Waals surface area (Å²) in [5.74, 6) is 0.244. The summed E-state index contributed by atoms with van der Waals surface area (Å²) in [4.78, 5) is 29.8. The van der Waals surface area contributed by atoms with Gasteiger partial charge in [0.25, 0.3) is 5.91 Å². The summed E-state index contributed by atoms with van der Waals surface area (Å²) in [6.45, 7) is 9.68. The molecule has 1 saturated heterocycles. The van der Waals surface area contributed by atoms with Crippen LogP contribution in [0.3, 0.4) is 0 Å². The molecule has 0 aliphatic carbocycles. The summed E-state index contributed by atoms with van der Waals surface area (Å²) in [5.41, 5.74) is 5.09. The second kappa shape index (κ2) is 8.55. The number of benzene rings is 1. The molecule has 1 atom stereocenters. The molecule has 1 aliphatic heterocycles. The summed E-state index contributed by atoms with van der Waals surface area (Å²) in [7, 11) is 0. The SMILES string of the molecule is CC(C)(C)OC(=O)N1[C@@H](Cc2ccc(Oc3cccc(C(N)=O)n3)cc2)COC1(C)C. The van der Waals surface area contributed by atoms with Gasteiger partial charge in [0.2, 0.25) is 5.88 Å². The van der Waals surface area contributed by atoms with E-state index in [1.54, 1.807) is 17.0 Å². The summed E-state index contributed by atoms with van der Waals surface area (Å²) in [6.07, 6.45) is 0.221. The number of pyridine rings is 1. The average Bonchev–Trinajstić information content (AvgIpc) is 2.96. The van der Waals surface area contributed by atoms with Crippen LogP contribution in [0.15, 0.2) is 42.5 Å². The Labute approximate surface area is 182 Å². The molecule has 1 aromatic heterocycles. The van der Waals surface area contributed by atoms with Gasteiger partial charge < -0.3 is 19.9 Å². The van der Waals surface area contributed by atoms with Gasteiger partial charge in [-0.1, -0.05) is 18.2 Å². The third kappa shape index (κ3) is 5.73. The number of carbonyl (C=O) groups excluding carboxylic acids is 2. The smallest absolute Gasteiger partial charge is 0.412 e. The Morgan fingerprint density at radius 1 is 1.19 bits per heavy atom. The largest absolute Gasteiger partial charge is 0.444 e. The highest BCUT2D eigenvalue weighted by molar-refractivity contribution is 5.90. The molecule has 31 heavy (non-hydrogen) atoms. The summed E-state index contributed by atoms with van der Waals surface area (Å²) >= 11 is 0. The van der Waals surface area contributed by atoms with E-state index in [0.29, 0.717) is 18.8 Å². The molecule has 1 fully saturated rings. The van der Waals surface area contributed by atoms with Gasteiger partial charge in [0.1, 0.15) is 22.8 Å². The lowest BCUT2D eigenvalue weighted by atomic mass is 10.0. The average molecular weight is 428 g/mol. The molecule has 3 rings (SSSR count). The lowest BCUT2D eigenvalue weighted by molar-refractivity contribution is -0.0624. The van der Waals surface area contributed by atoms with Crippen LogP contribution in [0.25, 0.3) is 0 Å². The van der Waals surface area contributed by atoms with Gasteiger partial charge in [-0.2, -0.15) is 0 Å². The van der Waals surface area contributed by atoms with E-state index in [1.165, 1.54) is 6.07 Å². The molecule has 2 N–H and O–H groups in total. The molecule has 1 aliphatic rings. The number of hydrogen-bond donors (Lipinski definition) is 1. The monoisotopic (exact) mass is 427 g/mol. The first-order chi connectivity index (χ1) is 14.4. The number of ether oxygens (including phenoxy) is 3. The Balaban J connectivity index is 1.69. The first kappa shape index (κ1) is 22.6. The highest BCUT2D eigenvalue weighted by atomic mass is 16.6. The topological polar surface area (TPSA) is 104 Å². The number of amides is 2. The van der Waals surface area contributed by atoms with Gasteiger partial charge in [-0.05, 0) is 64.8 Å². The lowest BCUT2D eigenvalue weighted by Crippen LogP contribution is -2.50. The zero-order valence-corrected chi connectivity index (χ0v) is 18.5. The van der Waals surface area contributed by atoms with Gasteiger partial charge in [0, 0.05) is 6.07 Å². The van der Waals surface area contributed by atoms with Gasteiger partial charge in [0.05, 0.1) is 12.6 Å². The molecule has 166 valence electrons. The maximum Gasteiger partial charge on any atom is 0.412 e. The number of primary amides is 1. The molecule has 2 aromatic rings. The number of rotatable bonds is 5. The number of hydrogen-bond acceptors (Lipinski definition) is 6. The standard InChI is InChI=1S/C23H29N3O5/c1-22(2,3)31-21(28)26-16(14-29-23(26,4)5)13-15-9-11-17(12-10-15)30-19-8-6-7-18(25-19)20(24)27/h6-12,16H,13-14H2,1-5H3,(H2,24,27)/t16-/m0/s1. The molecule has 8 heteroatoms. The van der Waals surface area contributed by atoms with Crippen molar-refractivity contribution in [1.29, 1.82) is 0 Å². The van der Waals surface area contributed by atoms with Gasteiger partial charge in [0.15, 0.2) is 0 Å². The van der Waals surface area contributed by atoms with E-state index in [-0.39, 0.29) is 23.7 Å². The Kier molecular flexibility index (Phi) is 6.22. The van der Waals surface area contributed by atoms with Crippen molar-refractivity contribution in [2.75, 3.05) is 6.61 Å². The molecule has 0 bridgehead atoms. The Hall–Kier alpha value is -3.13. The van der Waals surface area contributed by atoms with Gasteiger partial charge in [-0.15, -0.1) is 0 Å². The summed E-state index contributed by atoms with van der Waals surface area (Å²) in [6, 6.07) is 12.2. The highest BCUT2D eigenvalue weighted by Crippen LogP contribution is 2.31. The van der Waals surface area contributed by atoms with Crippen LogP contribution < -0.4 is 10.5 Å². The van der Waals surface area contributed by atoms with Crippen LogP contribution in [0.4, 0.5) is 4.79 Å². The van der Waals surface area contributed by atoms with E-state index in [1.807, 2.05) is 58.9 Å². The van der Waals surface area contributed by atoms with E-state index in [0.717, 1.165) is 5.56 Å². The van der Waals surface area contributed by atoms with Crippen LogP contribution in [-0.2, 0) is 15.9 Å². The minimum absolute atomic E-state index is 0.139. The van der Waals surface area contributed by atoms with E-state index >= 15 is 0 Å². The van der Waals surface area contributed by atoms with Crippen molar-refractivity contribution in [2.24, 2.45) is 5.73 Å². The van der Waals surface area contributed by atoms with Gasteiger partial charge >= 0.3 is 6.09 Å². The Morgan fingerprint density at radius 2 is 1.87 bits per heavy atom. The summed E-state index contributed by atoms with van der Waals surface area (Å²) in [5, 5.41) is 0. The van der Waals surface area contributed by atoms with E-state index in [4.69, 9.17) is 19.9 Å².